The summed E-state index contributed by atoms with van der Waals surface area (Å²) in [6, 6.07) is 3.46. The Morgan fingerprint density at radius 3 is 2.67 bits per heavy atom. The highest BCUT2D eigenvalue weighted by Crippen LogP contribution is 2.55. The predicted molar refractivity (Wildman–Crippen MR) is 75.0 cm³/mol. The highest BCUT2D eigenvalue weighted by Gasteiger charge is 2.51. The van der Waals surface area contributed by atoms with Crippen molar-refractivity contribution < 1.29 is 4.39 Å². The Balaban J connectivity index is 2.16. The van der Waals surface area contributed by atoms with E-state index in [0.717, 1.165) is 18.5 Å². The molecule has 1 fully saturated rings. The third kappa shape index (κ3) is 2.66. The smallest absolute Gasteiger partial charge is 0.142 e. The van der Waals surface area contributed by atoms with Crippen LogP contribution in [0.5, 0.6) is 0 Å². The minimum absolute atomic E-state index is 0.0234. The second-order valence-electron chi connectivity index (χ2n) is 5.63. The molecule has 1 aromatic carbocycles. The summed E-state index contributed by atoms with van der Waals surface area (Å²) in [6.45, 7) is 7.31. The van der Waals surface area contributed by atoms with Crippen molar-refractivity contribution in [1.82, 2.24) is 5.32 Å². The van der Waals surface area contributed by atoms with Gasteiger partial charge < -0.3 is 5.32 Å². The van der Waals surface area contributed by atoms with Gasteiger partial charge in [0.05, 0.1) is 5.02 Å². The van der Waals surface area contributed by atoms with Crippen LogP contribution in [0, 0.1) is 11.7 Å². The zero-order valence-corrected chi connectivity index (χ0v) is 12.4. The van der Waals surface area contributed by atoms with Gasteiger partial charge in [-0.25, -0.2) is 4.39 Å². The summed E-state index contributed by atoms with van der Waals surface area (Å²) in [6.07, 6.45) is 1.04. The van der Waals surface area contributed by atoms with Crippen molar-refractivity contribution in [2.45, 2.75) is 38.6 Å². The van der Waals surface area contributed by atoms with E-state index in [1.165, 1.54) is 12.1 Å². The molecule has 0 aliphatic heterocycles. The molecule has 18 heavy (non-hydrogen) atoms. The molecule has 0 saturated heterocycles. The zero-order chi connectivity index (χ0) is 13.5. The van der Waals surface area contributed by atoms with Crippen molar-refractivity contribution >= 4 is 23.2 Å². The molecule has 1 saturated carbocycles. The highest BCUT2D eigenvalue weighted by atomic mass is 35.5. The van der Waals surface area contributed by atoms with Crippen LogP contribution in [0.4, 0.5) is 4.39 Å². The largest absolute Gasteiger partial charge is 0.314 e. The normalized spacial score (nSPS) is 26.7. The topological polar surface area (TPSA) is 12.0 Å². The van der Waals surface area contributed by atoms with Crippen molar-refractivity contribution in [3.63, 3.8) is 0 Å². The summed E-state index contributed by atoms with van der Waals surface area (Å²) in [5.74, 6) is 0.123. The molecule has 2 unspecified atom stereocenters. The number of halogens is 3. The standard InChI is InChI=1S/C14H18Cl2FN/c1-8(2)18-7-9-6-14(9,3)10-4-13(17)12(16)5-11(10)15/h4-5,8-9,18H,6-7H2,1-3H3. The Morgan fingerprint density at radius 2 is 2.06 bits per heavy atom. The Bertz CT molecular complexity index is 461. The lowest BCUT2D eigenvalue weighted by Gasteiger charge is -2.16. The molecule has 1 N–H and O–H groups in total. The third-order valence-corrected chi connectivity index (χ3v) is 4.41. The number of rotatable bonds is 4. The lowest BCUT2D eigenvalue weighted by atomic mass is 9.95. The van der Waals surface area contributed by atoms with Gasteiger partial charge in [0.1, 0.15) is 5.82 Å². The average Bonchev–Trinajstić information content (AvgIpc) is 2.93. The Labute approximate surface area is 118 Å². The predicted octanol–water partition coefficient (Wildman–Crippen LogP) is 4.41. The van der Waals surface area contributed by atoms with Gasteiger partial charge in [0, 0.05) is 11.1 Å². The van der Waals surface area contributed by atoms with E-state index in [2.05, 4.69) is 26.1 Å². The van der Waals surface area contributed by atoms with E-state index in [4.69, 9.17) is 23.2 Å². The van der Waals surface area contributed by atoms with Gasteiger partial charge >= 0.3 is 0 Å². The van der Waals surface area contributed by atoms with Gasteiger partial charge in [-0.3, -0.25) is 0 Å². The van der Waals surface area contributed by atoms with Crippen molar-refractivity contribution in [2.24, 2.45) is 5.92 Å². The summed E-state index contributed by atoms with van der Waals surface area (Å²) >= 11 is 11.9. The lowest BCUT2D eigenvalue weighted by molar-refractivity contribution is 0.526. The summed E-state index contributed by atoms with van der Waals surface area (Å²) in [5, 5.41) is 4.07. The van der Waals surface area contributed by atoms with Gasteiger partial charge in [0.2, 0.25) is 0 Å². The van der Waals surface area contributed by atoms with E-state index in [1.807, 2.05) is 0 Å². The Hall–Kier alpha value is -0.310. The number of nitrogens with one attached hydrogen (secondary N) is 1. The quantitative estimate of drug-likeness (QED) is 0.810. The van der Waals surface area contributed by atoms with Crippen LogP contribution in [-0.2, 0) is 5.41 Å². The van der Waals surface area contributed by atoms with Crippen LogP contribution in [0.2, 0.25) is 10.0 Å². The van der Waals surface area contributed by atoms with Gasteiger partial charge in [-0.15, -0.1) is 0 Å². The van der Waals surface area contributed by atoms with E-state index in [-0.39, 0.29) is 16.3 Å². The minimum atomic E-state index is -0.389. The maximum Gasteiger partial charge on any atom is 0.142 e. The van der Waals surface area contributed by atoms with E-state index >= 15 is 0 Å². The van der Waals surface area contributed by atoms with Gasteiger partial charge in [-0.05, 0) is 42.0 Å². The molecule has 0 heterocycles. The number of benzene rings is 1. The summed E-state index contributed by atoms with van der Waals surface area (Å²) < 4.78 is 13.6. The maximum absolute atomic E-state index is 13.6. The molecule has 0 spiro atoms. The molecule has 1 nitrogen and oxygen atoms in total. The molecular weight excluding hydrogens is 272 g/mol. The Kier molecular flexibility index (Phi) is 3.91. The van der Waals surface area contributed by atoms with E-state index in [9.17, 15) is 4.39 Å². The van der Waals surface area contributed by atoms with Crippen LogP contribution in [0.15, 0.2) is 12.1 Å². The van der Waals surface area contributed by atoms with Crippen LogP contribution in [0.3, 0.4) is 0 Å². The van der Waals surface area contributed by atoms with Gasteiger partial charge in [-0.2, -0.15) is 0 Å². The van der Waals surface area contributed by atoms with Crippen LogP contribution < -0.4 is 5.32 Å². The fourth-order valence-corrected chi connectivity index (χ4v) is 3.02. The van der Waals surface area contributed by atoms with Crippen molar-refractivity contribution in [1.29, 1.82) is 0 Å². The molecular formula is C14H18Cl2FN. The monoisotopic (exact) mass is 289 g/mol. The van der Waals surface area contributed by atoms with Gasteiger partial charge in [-0.1, -0.05) is 44.0 Å². The molecule has 0 radical (unpaired) electrons. The first-order valence-electron chi connectivity index (χ1n) is 6.23. The fourth-order valence-electron chi connectivity index (χ4n) is 2.42. The van der Waals surface area contributed by atoms with Crippen LogP contribution in [0.1, 0.15) is 32.8 Å². The first-order chi connectivity index (χ1) is 8.34. The zero-order valence-electron chi connectivity index (χ0n) is 10.9. The first-order valence-corrected chi connectivity index (χ1v) is 6.98. The fraction of sp³-hybridized carbons (Fsp3) is 0.571. The highest BCUT2D eigenvalue weighted by molar-refractivity contribution is 6.35. The molecule has 2 rings (SSSR count). The molecule has 100 valence electrons. The van der Waals surface area contributed by atoms with Crippen LogP contribution in [0.25, 0.3) is 0 Å². The van der Waals surface area contributed by atoms with E-state index in [1.54, 1.807) is 0 Å². The number of hydrogen-bond donors (Lipinski definition) is 1. The van der Waals surface area contributed by atoms with E-state index in [0.29, 0.717) is 17.0 Å². The molecule has 4 heteroatoms. The van der Waals surface area contributed by atoms with Gasteiger partial charge in [0.25, 0.3) is 0 Å². The number of hydrogen-bond acceptors (Lipinski definition) is 1. The van der Waals surface area contributed by atoms with Crippen molar-refractivity contribution in [3.05, 3.63) is 33.6 Å². The molecule has 2 atom stereocenters. The van der Waals surface area contributed by atoms with E-state index < -0.39 is 0 Å². The summed E-state index contributed by atoms with van der Waals surface area (Å²) in [4.78, 5) is 0. The third-order valence-electron chi connectivity index (χ3n) is 3.81. The Morgan fingerprint density at radius 1 is 1.39 bits per heavy atom. The maximum atomic E-state index is 13.6. The van der Waals surface area contributed by atoms with Crippen molar-refractivity contribution in [3.8, 4) is 0 Å². The molecule has 1 aromatic rings. The molecule has 0 aromatic heterocycles. The van der Waals surface area contributed by atoms with Crippen molar-refractivity contribution in [2.75, 3.05) is 6.54 Å². The van der Waals surface area contributed by atoms with Gasteiger partial charge in [0.15, 0.2) is 0 Å². The molecule has 0 amide bonds. The summed E-state index contributed by atoms with van der Waals surface area (Å²) in [5.41, 5.74) is 0.853. The average molecular weight is 290 g/mol. The minimum Gasteiger partial charge on any atom is -0.314 e. The second kappa shape index (κ2) is 4.99. The summed E-state index contributed by atoms with van der Waals surface area (Å²) in [7, 11) is 0. The second-order valence-corrected chi connectivity index (χ2v) is 6.44. The lowest BCUT2D eigenvalue weighted by Crippen LogP contribution is -2.26. The molecule has 1 aliphatic rings. The molecule has 0 bridgehead atoms. The van der Waals surface area contributed by atoms with Crippen LogP contribution >= 0.6 is 23.2 Å². The SMILES string of the molecule is CC(C)NCC1CC1(C)c1cc(F)c(Cl)cc1Cl. The molecule has 1 aliphatic carbocycles. The first kappa shape index (κ1) is 14.1. The van der Waals surface area contributed by atoms with Crippen LogP contribution in [-0.4, -0.2) is 12.6 Å².